The summed E-state index contributed by atoms with van der Waals surface area (Å²) in [6, 6.07) is 6.26. The number of hydrogen-bond donors (Lipinski definition) is 2. The second-order valence-corrected chi connectivity index (χ2v) is 7.81. The molecule has 0 fully saturated rings. The Morgan fingerprint density at radius 3 is 2.72 bits per heavy atom. The van der Waals surface area contributed by atoms with Crippen LogP contribution in [0.15, 0.2) is 23.8 Å². The Labute approximate surface area is 170 Å². The first-order chi connectivity index (χ1) is 13.8. The lowest BCUT2D eigenvalue weighted by atomic mass is 9.95. The largest absolute Gasteiger partial charge is 0.365 e. The summed E-state index contributed by atoms with van der Waals surface area (Å²) < 4.78 is 0. The molecule has 9 heteroatoms. The lowest BCUT2D eigenvalue weighted by molar-refractivity contribution is -0.385. The van der Waals surface area contributed by atoms with Crippen LogP contribution in [-0.2, 0) is 17.6 Å². The van der Waals surface area contributed by atoms with Crippen LogP contribution in [0.25, 0.3) is 6.08 Å². The van der Waals surface area contributed by atoms with Crippen LogP contribution in [0.3, 0.4) is 0 Å². The number of benzene rings is 1. The molecular formula is C20H18N4O4S. The smallest absolute Gasteiger partial charge is 0.272 e. The topological polar surface area (TPSA) is 139 Å². The Kier molecular flexibility index (Phi) is 5.75. The van der Waals surface area contributed by atoms with Gasteiger partial charge in [-0.2, -0.15) is 5.26 Å². The quantitative estimate of drug-likeness (QED) is 0.336. The van der Waals surface area contributed by atoms with Gasteiger partial charge in [-0.25, -0.2) is 0 Å². The molecule has 0 atom stereocenters. The van der Waals surface area contributed by atoms with Gasteiger partial charge in [0.15, 0.2) is 0 Å². The highest BCUT2D eigenvalue weighted by molar-refractivity contribution is 7.17. The second-order valence-electron chi connectivity index (χ2n) is 6.71. The number of amides is 2. The van der Waals surface area contributed by atoms with Gasteiger partial charge in [0, 0.05) is 16.5 Å². The van der Waals surface area contributed by atoms with E-state index in [9.17, 15) is 25.0 Å². The number of anilines is 1. The van der Waals surface area contributed by atoms with Crippen LogP contribution in [0.2, 0.25) is 0 Å². The molecule has 3 rings (SSSR count). The van der Waals surface area contributed by atoms with E-state index in [1.807, 2.05) is 6.07 Å². The van der Waals surface area contributed by atoms with Crippen LogP contribution in [0.4, 0.5) is 10.7 Å². The van der Waals surface area contributed by atoms with E-state index in [1.54, 1.807) is 19.1 Å². The van der Waals surface area contributed by atoms with Crippen molar-refractivity contribution in [2.75, 3.05) is 5.32 Å². The highest BCUT2D eigenvalue weighted by atomic mass is 32.1. The molecule has 1 aliphatic carbocycles. The molecule has 1 heterocycles. The van der Waals surface area contributed by atoms with Gasteiger partial charge < -0.3 is 11.1 Å². The first kappa shape index (κ1) is 20.2. The van der Waals surface area contributed by atoms with Gasteiger partial charge in [-0.05, 0) is 49.8 Å². The number of carbonyl (C=O) groups is 2. The van der Waals surface area contributed by atoms with Gasteiger partial charge in [-0.1, -0.05) is 12.1 Å². The first-order valence-electron chi connectivity index (χ1n) is 8.94. The van der Waals surface area contributed by atoms with E-state index in [4.69, 9.17) is 5.73 Å². The van der Waals surface area contributed by atoms with Crippen molar-refractivity contribution in [3.05, 3.63) is 61.0 Å². The van der Waals surface area contributed by atoms with Crippen LogP contribution < -0.4 is 11.1 Å². The molecule has 8 nitrogen and oxygen atoms in total. The van der Waals surface area contributed by atoms with E-state index in [1.165, 1.54) is 23.5 Å². The van der Waals surface area contributed by atoms with Crippen molar-refractivity contribution in [2.24, 2.45) is 5.73 Å². The molecule has 29 heavy (non-hydrogen) atoms. The summed E-state index contributed by atoms with van der Waals surface area (Å²) in [4.78, 5) is 36.2. The minimum atomic E-state index is -0.697. The fourth-order valence-electron chi connectivity index (χ4n) is 3.31. The highest BCUT2D eigenvalue weighted by Crippen LogP contribution is 2.38. The zero-order chi connectivity index (χ0) is 21.1. The Morgan fingerprint density at radius 1 is 1.34 bits per heavy atom. The number of carbonyl (C=O) groups excluding carboxylic acids is 2. The number of thiophene rings is 1. The minimum absolute atomic E-state index is 0.0987. The third-order valence-electron chi connectivity index (χ3n) is 4.75. The first-order valence-corrected chi connectivity index (χ1v) is 9.76. The minimum Gasteiger partial charge on any atom is -0.365 e. The van der Waals surface area contributed by atoms with Gasteiger partial charge in [0.1, 0.15) is 16.6 Å². The predicted molar refractivity (Wildman–Crippen MR) is 110 cm³/mol. The summed E-state index contributed by atoms with van der Waals surface area (Å²) in [5.74, 6) is -1.31. The zero-order valence-electron chi connectivity index (χ0n) is 15.7. The van der Waals surface area contributed by atoms with E-state index < -0.39 is 16.7 Å². The average Bonchev–Trinajstić information content (AvgIpc) is 3.04. The van der Waals surface area contributed by atoms with Crippen molar-refractivity contribution >= 4 is 39.9 Å². The average molecular weight is 410 g/mol. The number of rotatable bonds is 5. The van der Waals surface area contributed by atoms with Crippen LogP contribution in [-0.4, -0.2) is 16.7 Å². The number of nitriles is 1. The molecule has 0 saturated heterocycles. The number of aryl methyl sites for hydroxylation is 2. The summed E-state index contributed by atoms with van der Waals surface area (Å²) in [5.41, 5.74) is 7.21. The molecule has 2 amide bonds. The van der Waals surface area contributed by atoms with Crippen molar-refractivity contribution in [1.29, 1.82) is 5.26 Å². The number of primary amides is 1. The normalized spacial score (nSPS) is 13.3. The number of nitrogens with one attached hydrogen (secondary N) is 1. The van der Waals surface area contributed by atoms with E-state index in [0.29, 0.717) is 21.7 Å². The van der Waals surface area contributed by atoms with Crippen LogP contribution in [0.5, 0.6) is 0 Å². The standard InChI is InChI=1S/C20H18N4O4S/c1-11-6-7-12(9-15(11)24(27)28)8-13(10-21)19(26)23-20-17(18(22)25)14-4-2-3-5-16(14)29-20/h6-9H,2-5H2,1H3,(H2,22,25)(H,23,26)/b13-8+. The van der Waals surface area contributed by atoms with Gasteiger partial charge in [-0.15, -0.1) is 11.3 Å². The summed E-state index contributed by atoms with van der Waals surface area (Å²) in [6.45, 7) is 1.60. The molecule has 148 valence electrons. The number of nitro benzene ring substituents is 1. The molecule has 3 N–H and O–H groups in total. The fraction of sp³-hybridized carbons (Fsp3) is 0.250. The van der Waals surface area contributed by atoms with Crippen LogP contribution in [0.1, 0.15) is 44.8 Å². The Hall–Kier alpha value is -3.51. The predicted octanol–water partition coefficient (Wildman–Crippen LogP) is 3.49. The molecular weight excluding hydrogens is 392 g/mol. The molecule has 0 spiro atoms. The zero-order valence-corrected chi connectivity index (χ0v) is 16.5. The lowest BCUT2D eigenvalue weighted by Gasteiger charge is -2.11. The number of nitro groups is 1. The third kappa shape index (κ3) is 4.17. The molecule has 2 aromatic rings. The number of fused-ring (bicyclic) bond motifs is 1. The summed E-state index contributed by atoms with van der Waals surface area (Å²) >= 11 is 1.30. The van der Waals surface area contributed by atoms with Crippen molar-refractivity contribution in [3.63, 3.8) is 0 Å². The van der Waals surface area contributed by atoms with E-state index in [-0.39, 0.29) is 11.3 Å². The van der Waals surface area contributed by atoms with Crippen LogP contribution >= 0.6 is 11.3 Å². The Bertz CT molecular complexity index is 1090. The molecule has 0 saturated carbocycles. The molecule has 0 unspecified atom stereocenters. The molecule has 0 radical (unpaired) electrons. The lowest BCUT2D eigenvalue weighted by Crippen LogP contribution is -2.19. The highest BCUT2D eigenvalue weighted by Gasteiger charge is 2.25. The third-order valence-corrected chi connectivity index (χ3v) is 5.96. The fourth-order valence-corrected chi connectivity index (χ4v) is 4.60. The maximum absolute atomic E-state index is 12.6. The number of nitrogens with zero attached hydrogens (tertiary/aromatic N) is 2. The van der Waals surface area contributed by atoms with Crippen molar-refractivity contribution < 1.29 is 14.5 Å². The SMILES string of the molecule is Cc1ccc(/C=C(\C#N)C(=O)Nc2sc3c(c2C(N)=O)CCCC3)cc1[N+](=O)[O-]. The number of hydrogen-bond acceptors (Lipinski definition) is 6. The molecule has 1 aliphatic rings. The summed E-state index contributed by atoms with van der Waals surface area (Å²) in [5, 5.41) is 23.5. The van der Waals surface area contributed by atoms with E-state index in [2.05, 4.69) is 5.32 Å². The van der Waals surface area contributed by atoms with Gasteiger partial charge in [0.2, 0.25) is 0 Å². The van der Waals surface area contributed by atoms with Crippen molar-refractivity contribution in [2.45, 2.75) is 32.6 Å². The molecule has 0 bridgehead atoms. The maximum Gasteiger partial charge on any atom is 0.272 e. The van der Waals surface area contributed by atoms with Gasteiger partial charge in [0.05, 0.1) is 10.5 Å². The number of nitrogens with two attached hydrogens (primary N) is 1. The van der Waals surface area contributed by atoms with Gasteiger partial charge in [-0.3, -0.25) is 19.7 Å². The van der Waals surface area contributed by atoms with Crippen LogP contribution in [0, 0.1) is 28.4 Å². The van der Waals surface area contributed by atoms with Crippen molar-refractivity contribution in [3.8, 4) is 6.07 Å². The van der Waals surface area contributed by atoms with E-state index >= 15 is 0 Å². The summed E-state index contributed by atoms with van der Waals surface area (Å²) in [7, 11) is 0. The second kappa shape index (κ2) is 8.24. The summed E-state index contributed by atoms with van der Waals surface area (Å²) in [6.07, 6.45) is 4.79. The monoisotopic (exact) mass is 410 g/mol. The van der Waals surface area contributed by atoms with Gasteiger partial charge >= 0.3 is 0 Å². The molecule has 0 aliphatic heterocycles. The maximum atomic E-state index is 12.6. The van der Waals surface area contributed by atoms with E-state index in [0.717, 1.165) is 36.1 Å². The Balaban J connectivity index is 1.92. The molecule has 1 aromatic heterocycles. The Morgan fingerprint density at radius 2 is 2.07 bits per heavy atom. The van der Waals surface area contributed by atoms with Gasteiger partial charge in [0.25, 0.3) is 17.5 Å². The van der Waals surface area contributed by atoms with Crippen molar-refractivity contribution in [1.82, 2.24) is 0 Å². The molecule has 1 aromatic carbocycles.